The maximum absolute atomic E-state index is 16.4. The molecule has 0 aromatic heterocycles. The SMILES string of the molecule is CC12CC(=O)C3(F)C(CCC4=CC(=O)CCC43C)C1CC(O)C2=O. The van der Waals surface area contributed by atoms with Gasteiger partial charge in [0.25, 0.3) is 0 Å². The van der Waals surface area contributed by atoms with E-state index in [0.29, 0.717) is 19.3 Å². The van der Waals surface area contributed by atoms with Crippen LogP contribution in [-0.4, -0.2) is 34.2 Å². The summed E-state index contributed by atoms with van der Waals surface area (Å²) >= 11 is 0. The van der Waals surface area contributed by atoms with Crippen LogP contribution in [0.25, 0.3) is 0 Å². The summed E-state index contributed by atoms with van der Waals surface area (Å²) in [7, 11) is 0. The number of Topliss-reactive ketones (excluding diaryl/α,β-unsaturated/α-hetero) is 2. The summed E-state index contributed by atoms with van der Waals surface area (Å²) in [6.07, 6.45) is 2.19. The van der Waals surface area contributed by atoms with Crippen molar-refractivity contribution in [1.29, 1.82) is 0 Å². The van der Waals surface area contributed by atoms with Gasteiger partial charge in [0.2, 0.25) is 0 Å². The molecule has 0 saturated heterocycles. The molecule has 0 bridgehead atoms. The van der Waals surface area contributed by atoms with Gasteiger partial charge in [-0.05, 0) is 37.7 Å². The zero-order valence-corrected chi connectivity index (χ0v) is 14.1. The first-order valence-electron chi connectivity index (χ1n) is 8.83. The summed E-state index contributed by atoms with van der Waals surface area (Å²) < 4.78 is 16.4. The summed E-state index contributed by atoms with van der Waals surface area (Å²) in [5.41, 5.74) is -3.19. The number of alkyl halides is 1. The monoisotopic (exact) mass is 334 g/mol. The fourth-order valence-electron chi connectivity index (χ4n) is 6.09. The van der Waals surface area contributed by atoms with Crippen LogP contribution in [-0.2, 0) is 14.4 Å². The average molecular weight is 334 g/mol. The highest BCUT2D eigenvalue weighted by atomic mass is 19.1. The van der Waals surface area contributed by atoms with Crippen LogP contribution >= 0.6 is 0 Å². The molecule has 130 valence electrons. The van der Waals surface area contributed by atoms with E-state index in [9.17, 15) is 19.5 Å². The van der Waals surface area contributed by atoms with Crippen molar-refractivity contribution >= 4 is 17.3 Å². The highest BCUT2D eigenvalue weighted by Crippen LogP contribution is 2.66. The average Bonchev–Trinajstić information content (AvgIpc) is 2.74. The number of hydrogen-bond donors (Lipinski definition) is 1. The van der Waals surface area contributed by atoms with E-state index in [1.54, 1.807) is 13.8 Å². The number of halogens is 1. The summed E-state index contributed by atoms with van der Waals surface area (Å²) in [6, 6.07) is 0. The number of aliphatic hydroxyl groups is 1. The van der Waals surface area contributed by atoms with Gasteiger partial charge in [-0.25, -0.2) is 4.39 Å². The third-order valence-corrected chi connectivity index (χ3v) is 7.53. The van der Waals surface area contributed by atoms with Crippen LogP contribution in [0.5, 0.6) is 0 Å². The fourth-order valence-corrected chi connectivity index (χ4v) is 6.09. The summed E-state index contributed by atoms with van der Waals surface area (Å²) in [5.74, 6) is -1.69. The van der Waals surface area contributed by atoms with Crippen molar-refractivity contribution in [3.8, 4) is 0 Å². The van der Waals surface area contributed by atoms with Gasteiger partial charge in [-0.1, -0.05) is 19.4 Å². The van der Waals surface area contributed by atoms with Gasteiger partial charge in [0.15, 0.2) is 23.0 Å². The van der Waals surface area contributed by atoms with E-state index in [1.165, 1.54) is 6.08 Å². The van der Waals surface area contributed by atoms with Gasteiger partial charge in [0.05, 0.1) is 0 Å². The van der Waals surface area contributed by atoms with Crippen LogP contribution < -0.4 is 0 Å². The second-order valence-electron chi connectivity index (χ2n) is 8.56. The molecule has 1 N–H and O–H groups in total. The first-order chi connectivity index (χ1) is 11.1. The standard InChI is InChI=1S/C19H23FO4/c1-17-9-15(23)19(20)12(13(17)8-14(22)16(17)24)4-3-10-7-11(21)5-6-18(10,19)2/h7,12-14,22H,3-6,8-9H2,1-2H3. The highest BCUT2D eigenvalue weighted by Gasteiger charge is 2.72. The molecule has 0 aliphatic heterocycles. The van der Waals surface area contributed by atoms with Gasteiger partial charge in [-0.15, -0.1) is 0 Å². The topological polar surface area (TPSA) is 71.4 Å². The smallest absolute Gasteiger partial charge is 0.180 e. The lowest BCUT2D eigenvalue weighted by Crippen LogP contribution is -2.65. The molecule has 4 aliphatic rings. The lowest BCUT2D eigenvalue weighted by atomic mass is 9.45. The minimum absolute atomic E-state index is 0.00379. The molecule has 3 fully saturated rings. The largest absolute Gasteiger partial charge is 0.385 e. The number of ketones is 3. The third kappa shape index (κ3) is 1.64. The second-order valence-corrected chi connectivity index (χ2v) is 8.56. The number of fused-ring (bicyclic) bond motifs is 5. The van der Waals surface area contributed by atoms with Crippen molar-refractivity contribution in [3.63, 3.8) is 0 Å². The van der Waals surface area contributed by atoms with Crippen molar-refractivity contribution in [2.24, 2.45) is 22.7 Å². The number of carbonyl (C=O) groups excluding carboxylic acids is 3. The Balaban J connectivity index is 1.84. The van der Waals surface area contributed by atoms with Gasteiger partial charge in [-0.2, -0.15) is 0 Å². The van der Waals surface area contributed by atoms with E-state index in [0.717, 1.165) is 5.57 Å². The molecular weight excluding hydrogens is 311 g/mol. The van der Waals surface area contributed by atoms with Gasteiger partial charge in [0, 0.05) is 29.6 Å². The first kappa shape index (κ1) is 16.1. The third-order valence-electron chi connectivity index (χ3n) is 7.53. The van der Waals surface area contributed by atoms with Gasteiger partial charge in [-0.3, -0.25) is 14.4 Å². The molecule has 4 nitrogen and oxygen atoms in total. The molecule has 0 aromatic rings. The Morgan fingerprint density at radius 1 is 1.17 bits per heavy atom. The zero-order valence-electron chi connectivity index (χ0n) is 14.1. The van der Waals surface area contributed by atoms with E-state index in [1.807, 2.05) is 0 Å². The molecule has 24 heavy (non-hydrogen) atoms. The highest BCUT2D eigenvalue weighted by molar-refractivity contribution is 6.01. The Hall–Kier alpha value is -1.36. The van der Waals surface area contributed by atoms with E-state index in [2.05, 4.69) is 0 Å². The van der Waals surface area contributed by atoms with Crippen LogP contribution in [0.15, 0.2) is 11.6 Å². The molecule has 3 saturated carbocycles. The van der Waals surface area contributed by atoms with E-state index < -0.39 is 34.3 Å². The predicted molar refractivity (Wildman–Crippen MR) is 83.8 cm³/mol. The molecule has 0 spiro atoms. The minimum Gasteiger partial charge on any atom is -0.385 e. The number of carbonyl (C=O) groups is 3. The predicted octanol–water partition coefficient (Wildman–Crippen LogP) is 2.33. The number of aliphatic hydroxyl groups excluding tert-OH is 1. The van der Waals surface area contributed by atoms with Crippen LogP contribution in [0.2, 0.25) is 0 Å². The lowest BCUT2D eigenvalue weighted by Gasteiger charge is -2.58. The Kier molecular flexibility index (Phi) is 3.11. The van der Waals surface area contributed by atoms with Crippen molar-refractivity contribution in [2.45, 2.75) is 64.1 Å². The van der Waals surface area contributed by atoms with Crippen LogP contribution in [0.4, 0.5) is 4.39 Å². The molecule has 6 atom stereocenters. The fraction of sp³-hybridized carbons (Fsp3) is 0.737. The molecule has 0 heterocycles. The molecule has 5 heteroatoms. The van der Waals surface area contributed by atoms with Gasteiger partial charge < -0.3 is 5.11 Å². The molecule has 0 radical (unpaired) electrons. The van der Waals surface area contributed by atoms with Crippen molar-refractivity contribution in [3.05, 3.63) is 11.6 Å². The van der Waals surface area contributed by atoms with Crippen LogP contribution in [0.1, 0.15) is 52.4 Å². The summed E-state index contributed by atoms with van der Waals surface area (Å²) in [5, 5.41) is 10.0. The van der Waals surface area contributed by atoms with Gasteiger partial charge >= 0.3 is 0 Å². The van der Waals surface area contributed by atoms with Crippen LogP contribution in [0, 0.1) is 22.7 Å². The summed E-state index contributed by atoms with van der Waals surface area (Å²) in [6.45, 7) is 3.48. The van der Waals surface area contributed by atoms with Crippen molar-refractivity contribution in [1.82, 2.24) is 0 Å². The number of hydrogen-bond acceptors (Lipinski definition) is 4. The van der Waals surface area contributed by atoms with Crippen molar-refractivity contribution in [2.75, 3.05) is 0 Å². The Morgan fingerprint density at radius 3 is 2.58 bits per heavy atom. The van der Waals surface area contributed by atoms with E-state index in [-0.39, 0.29) is 36.7 Å². The lowest BCUT2D eigenvalue weighted by molar-refractivity contribution is -0.172. The quantitative estimate of drug-likeness (QED) is 0.738. The maximum atomic E-state index is 16.4. The molecule has 6 unspecified atom stereocenters. The second kappa shape index (κ2) is 4.63. The van der Waals surface area contributed by atoms with E-state index in [4.69, 9.17) is 0 Å². The normalized spacial score (nSPS) is 50.9. The zero-order chi connectivity index (χ0) is 17.5. The van der Waals surface area contributed by atoms with Crippen LogP contribution in [0.3, 0.4) is 0 Å². The molecule has 4 aliphatic carbocycles. The molecule has 4 rings (SSSR count). The molecule has 0 amide bonds. The number of allylic oxidation sites excluding steroid dienone is 1. The Morgan fingerprint density at radius 2 is 1.88 bits per heavy atom. The Bertz CT molecular complexity index is 697. The molecular formula is C19H23FO4. The van der Waals surface area contributed by atoms with Gasteiger partial charge in [0.1, 0.15) is 6.10 Å². The first-order valence-corrected chi connectivity index (χ1v) is 8.83. The molecule has 0 aromatic carbocycles. The summed E-state index contributed by atoms with van der Waals surface area (Å²) in [4.78, 5) is 37.1. The number of rotatable bonds is 0. The van der Waals surface area contributed by atoms with E-state index >= 15 is 4.39 Å². The maximum Gasteiger partial charge on any atom is 0.180 e. The minimum atomic E-state index is -2.04. The Labute approximate surface area is 140 Å². The van der Waals surface area contributed by atoms with Crippen molar-refractivity contribution < 1.29 is 23.9 Å².